The van der Waals surface area contributed by atoms with E-state index < -0.39 is 15.9 Å². The molecule has 1 heterocycles. The van der Waals surface area contributed by atoms with E-state index in [1.54, 1.807) is 18.2 Å². The summed E-state index contributed by atoms with van der Waals surface area (Å²) in [5, 5.41) is 2.71. The highest BCUT2D eigenvalue weighted by molar-refractivity contribution is 7.88. The van der Waals surface area contributed by atoms with Gasteiger partial charge in [-0.2, -0.15) is 4.31 Å². The minimum atomic E-state index is -3.55. The molecule has 2 aromatic carbocycles. The average Bonchev–Trinajstić information content (AvgIpc) is 2.62. The number of nitrogens with zero attached hydrogens (tertiary/aromatic N) is 1. The van der Waals surface area contributed by atoms with Crippen LogP contribution in [0.1, 0.15) is 11.1 Å². The lowest BCUT2D eigenvalue weighted by Crippen LogP contribution is -2.36. The Hall–Kier alpha value is -2.58. The van der Waals surface area contributed by atoms with Gasteiger partial charge in [0.15, 0.2) is 11.5 Å². The molecule has 0 radical (unpaired) electrons. The summed E-state index contributed by atoms with van der Waals surface area (Å²) >= 11 is 0. The molecule has 0 unspecified atom stereocenters. The lowest BCUT2D eigenvalue weighted by molar-refractivity contribution is -0.116. The number of fused-ring (bicyclic) bond motifs is 1. The van der Waals surface area contributed by atoms with E-state index in [0.717, 1.165) is 21.7 Å². The van der Waals surface area contributed by atoms with Crippen LogP contribution in [0.15, 0.2) is 42.5 Å². The molecule has 1 N–H and O–H groups in total. The first kappa shape index (κ1) is 19.2. The van der Waals surface area contributed by atoms with E-state index in [-0.39, 0.29) is 13.1 Å². The number of amides is 1. The number of carbonyl (C=O) groups excluding carboxylic acids is 1. The molecule has 1 aliphatic rings. The van der Waals surface area contributed by atoms with Crippen LogP contribution in [-0.4, -0.2) is 44.6 Å². The van der Waals surface area contributed by atoms with Gasteiger partial charge in [-0.25, -0.2) is 8.42 Å². The van der Waals surface area contributed by atoms with Gasteiger partial charge in [0.05, 0.1) is 12.8 Å². The van der Waals surface area contributed by atoms with Crippen molar-refractivity contribution in [1.82, 2.24) is 4.31 Å². The molecule has 0 atom stereocenters. The summed E-state index contributed by atoms with van der Waals surface area (Å²) in [4.78, 5) is 12.4. The zero-order chi connectivity index (χ0) is 19.4. The van der Waals surface area contributed by atoms with Crippen LogP contribution in [0.3, 0.4) is 0 Å². The fraction of sp³-hybridized carbons (Fsp3) is 0.316. The number of sulfonamides is 1. The van der Waals surface area contributed by atoms with Crippen LogP contribution in [0.2, 0.25) is 0 Å². The quantitative estimate of drug-likeness (QED) is 0.817. The summed E-state index contributed by atoms with van der Waals surface area (Å²) < 4.78 is 36.3. The lowest BCUT2D eigenvalue weighted by Gasteiger charge is -2.21. The van der Waals surface area contributed by atoms with Crippen molar-refractivity contribution in [3.05, 3.63) is 53.6 Å². The fourth-order valence-corrected chi connectivity index (χ4v) is 3.40. The van der Waals surface area contributed by atoms with Gasteiger partial charge >= 0.3 is 0 Å². The lowest BCUT2D eigenvalue weighted by atomic mass is 10.1. The van der Waals surface area contributed by atoms with Gasteiger partial charge in [0.2, 0.25) is 15.9 Å². The molecule has 0 spiro atoms. The molecule has 0 fully saturated rings. The zero-order valence-corrected chi connectivity index (χ0v) is 16.1. The maximum atomic E-state index is 12.4. The molecule has 2 aromatic rings. The number of carbonyl (C=O) groups is 1. The predicted octanol–water partition coefficient (Wildman–Crippen LogP) is 2.17. The maximum Gasteiger partial charge on any atom is 0.239 e. The van der Waals surface area contributed by atoms with Crippen molar-refractivity contribution in [3.63, 3.8) is 0 Å². The Kier molecular flexibility index (Phi) is 5.67. The molecule has 7 nitrogen and oxygen atoms in total. The monoisotopic (exact) mass is 390 g/mol. The van der Waals surface area contributed by atoms with Crippen molar-refractivity contribution in [2.24, 2.45) is 0 Å². The highest BCUT2D eigenvalue weighted by Gasteiger charge is 2.21. The first-order chi connectivity index (χ1) is 12.8. The largest absolute Gasteiger partial charge is 0.486 e. The third-order valence-corrected chi connectivity index (χ3v) is 5.29. The number of rotatable bonds is 6. The Morgan fingerprint density at radius 1 is 1.07 bits per heavy atom. The molecule has 1 amide bonds. The highest BCUT2D eigenvalue weighted by Crippen LogP contribution is 2.32. The molecule has 0 saturated heterocycles. The minimum absolute atomic E-state index is 0.133. The first-order valence-electron chi connectivity index (χ1n) is 8.51. The van der Waals surface area contributed by atoms with Gasteiger partial charge in [-0.05, 0) is 24.6 Å². The molecule has 144 valence electrons. The Morgan fingerprint density at radius 2 is 1.74 bits per heavy atom. The van der Waals surface area contributed by atoms with Crippen molar-refractivity contribution in [2.45, 2.75) is 13.5 Å². The van der Waals surface area contributed by atoms with Gasteiger partial charge in [0.1, 0.15) is 13.2 Å². The van der Waals surface area contributed by atoms with Crippen molar-refractivity contribution >= 4 is 21.6 Å². The summed E-state index contributed by atoms with van der Waals surface area (Å²) in [6.45, 7) is 2.75. The summed E-state index contributed by atoms with van der Waals surface area (Å²) in [6.07, 6.45) is 1.10. The zero-order valence-electron chi connectivity index (χ0n) is 15.3. The Balaban J connectivity index is 1.68. The van der Waals surface area contributed by atoms with Crippen LogP contribution in [0.4, 0.5) is 5.69 Å². The second-order valence-electron chi connectivity index (χ2n) is 6.42. The normalized spacial score (nSPS) is 13.4. The van der Waals surface area contributed by atoms with Crippen molar-refractivity contribution in [1.29, 1.82) is 0 Å². The number of ether oxygens (including phenoxy) is 2. The van der Waals surface area contributed by atoms with E-state index in [9.17, 15) is 13.2 Å². The van der Waals surface area contributed by atoms with Crippen LogP contribution in [0, 0.1) is 6.92 Å². The molecular formula is C19H22N2O5S. The molecule has 0 aromatic heterocycles. The molecule has 3 rings (SSSR count). The Morgan fingerprint density at radius 3 is 2.41 bits per heavy atom. The van der Waals surface area contributed by atoms with Gasteiger partial charge in [0, 0.05) is 18.3 Å². The SMILES string of the molecule is Cc1ccc(CN(CC(=O)Nc2ccc3c(c2)OCCO3)S(C)(=O)=O)cc1. The van der Waals surface area contributed by atoms with E-state index in [1.807, 2.05) is 31.2 Å². The molecule has 0 saturated carbocycles. The average molecular weight is 390 g/mol. The first-order valence-corrected chi connectivity index (χ1v) is 10.4. The van der Waals surface area contributed by atoms with Crippen LogP contribution in [-0.2, 0) is 21.4 Å². The summed E-state index contributed by atoms with van der Waals surface area (Å²) in [7, 11) is -3.55. The standard InChI is InChI=1S/C19H22N2O5S/c1-14-3-5-15(6-4-14)12-21(27(2,23)24)13-19(22)20-16-7-8-17-18(11-16)26-10-9-25-17/h3-8,11H,9-10,12-13H2,1-2H3,(H,20,22). The summed E-state index contributed by atoms with van der Waals surface area (Å²) in [6, 6.07) is 12.6. The van der Waals surface area contributed by atoms with E-state index in [0.29, 0.717) is 30.4 Å². The Bertz CT molecular complexity index is 926. The Labute approximate surface area is 158 Å². The number of benzene rings is 2. The maximum absolute atomic E-state index is 12.4. The number of nitrogens with one attached hydrogen (secondary N) is 1. The van der Waals surface area contributed by atoms with Crippen molar-refractivity contribution in [3.8, 4) is 11.5 Å². The number of hydrogen-bond acceptors (Lipinski definition) is 5. The van der Waals surface area contributed by atoms with Crippen molar-refractivity contribution < 1.29 is 22.7 Å². The van der Waals surface area contributed by atoms with Crippen molar-refractivity contribution in [2.75, 3.05) is 31.3 Å². The number of aryl methyl sites for hydroxylation is 1. The van der Waals surface area contributed by atoms with Crippen LogP contribution < -0.4 is 14.8 Å². The van der Waals surface area contributed by atoms with E-state index in [4.69, 9.17) is 9.47 Å². The fourth-order valence-electron chi connectivity index (χ4n) is 2.67. The van der Waals surface area contributed by atoms with Gasteiger partial charge in [-0.1, -0.05) is 29.8 Å². The van der Waals surface area contributed by atoms with Gasteiger partial charge in [0.25, 0.3) is 0 Å². The van der Waals surface area contributed by atoms with Gasteiger partial charge < -0.3 is 14.8 Å². The van der Waals surface area contributed by atoms with E-state index in [1.165, 1.54) is 0 Å². The topological polar surface area (TPSA) is 84.9 Å². The molecule has 27 heavy (non-hydrogen) atoms. The third-order valence-electron chi connectivity index (χ3n) is 4.09. The van der Waals surface area contributed by atoms with E-state index in [2.05, 4.69) is 5.32 Å². The summed E-state index contributed by atoms with van der Waals surface area (Å²) in [5.41, 5.74) is 2.42. The predicted molar refractivity (Wildman–Crippen MR) is 102 cm³/mol. The van der Waals surface area contributed by atoms with Crippen LogP contribution >= 0.6 is 0 Å². The molecule has 1 aliphatic heterocycles. The van der Waals surface area contributed by atoms with Crippen LogP contribution in [0.5, 0.6) is 11.5 Å². The molecule has 8 heteroatoms. The van der Waals surface area contributed by atoms with E-state index >= 15 is 0 Å². The van der Waals surface area contributed by atoms with Gasteiger partial charge in [-0.15, -0.1) is 0 Å². The summed E-state index contributed by atoms with van der Waals surface area (Å²) in [5.74, 6) is 0.749. The minimum Gasteiger partial charge on any atom is -0.486 e. The molecular weight excluding hydrogens is 368 g/mol. The van der Waals surface area contributed by atoms with Gasteiger partial charge in [-0.3, -0.25) is 4.79 Å². The molecule has 0 bridgehead atoms. The number of anilines is 1. The van der Waals surface area contributed by atoms with Crippen LogP contribution in [0.25, 0.3) is 0 Å². The second-order valence-corrected chi connectivity index (χ2v) is 8.41. The number of hydrogen-bond donors (Lipinski definition) is 1. The highest BCUT2D eigenvalue weighted by atomic mass is 32.2. The smallest absolute Gasteiger partial charge is 0.239 e. The molecule has 0 aliphatic carbocycles. The second kappa shape index (κ2) is 7.98. The third kappa shape index (κ3) is 5.21.